The van der Waals surface area contributed by atoms with Crippen LogP contribution in [0.15, 0.2) is 6.33 Å². The lowest BCUT2D eigenvalue weighted by atomic mass is 10.1. The highest BCUT2D eigenvalue weighted by Gasteiger charge is 2.44. The molecule has 4 atom stereocenters. The number of imidazole rings is 1. The number of carbonyl (C=O) groups is 1. The van der Waals surface area contributed by atoms with E-state index in [4.69, 9.17) is 9.47 Å². The maximum Gasteiger partial charge on any atom is 0.413 e. The number of fused-ring (bicyclic) bond motifs is 1. The second kappa shape index (κ2) is 6.96. The van der Waals surface area contributed by atoms with Crippen LogP contribution in [-0.4, -0.2) is 71.5 Å². The Bertz CT molecular complexity index is 853. The van der Waals surface area contributed by atoms with E-state index < -0.39 is 48.9 Å². The summed E-state index contributed by atoms with van der Waals surface area (Å²) in [5, 5.41) is 31.5. The zero-order valence-corrected chi connectivity index (χ0v) is 14.8. The molecule has 1 aliphatic heterocycles. The molecule has 0 unspecified atom stereocenters. The van der Waals surface area contributed by atoms with Crippen LogP contribution in [0, 0.1) is 6.08 Å². The third kappa shape index (κ3) is 3.83. The van der Waals surface area contributed by atoms with E-state index in [9.17, 15) is 24.5 Å². The number of rotatable bonds is 3. The summed E-state index contributed by atoms with van der Waals surface area (Å²) in [5.74, 6) is -0.225. The molecule has 1 fully saturated rings. The molecular weight excluding hydrogens is 365 g/mol. The summed E-state index contributed by atoms with van der Waals surface area (Å²) in [5.41, 5.74) is -0.825. The summed E-state index contributed by atoms with van der Waals surface area (Å²) in [6, 6.07) is 0. The van der Waals surface area contributed by atoms with Gasteiger partial charge in [-0.2, -0.15) is 14.4 Å². The molecule has 12 heteroatoms. The first-order valence-corrected chi connectivity index (χ1v) is 8.13. The molecule has 1 aliphatic rings. The van der Waals surface area contributed by atoms with Gasteiger partial charge in [0, 0.05) is 0 Å². The fraction of sp³-hybridized carbons (Fsp3) is 0.600. The number of nitrogens with zero attached hydrogens (tertiary/aromatic N) is 4. The number of aromatic nitrogens is 4. The van der Waals surface area contributed by atoms with Gasteiger partial charge in [-0.05, 0) is 20.8 Å². The minimum atomic E-state index is -1.40. The molecule has 148 valence electrons. The summed E-state index contributed by atoms with van der Waals surface area (Å²) < 4.78 is 25.6. The van der Waals surface area contributed by atoms with E-state index in [2.05, 4.69) is 20.3 Å². The van der Waals surface area contributed by atoms with Gasteiger partial charge >= 0.3 is 12.2 Å². The van der Waals surface area contributed by atoms with E-state index in [-0.39, 0.29) is 17.0 Å². The Labute approximate surface area is 152 Å². The van der Waals surface area contributed by atoms with E-state index >= 15 is 0 Å². The quantitative estimate of drug-likeness (QED) is 0.532. The molecule has 0 aliphatic carbocycles. The van der Waals surface area contributed by atoms with Crippen LogP contribution in [0.3, 0.4) is 0 Å². The lowest BCUT2D eigenvalue weighted by Gasteiger charge is -2.19. The van der Waals surface area contributed by atoms with Crippen molar-refractivity contribution >= 4 is 23.1 Å². The number of aliphatic hydroxyl groups excluding tert-OH is 3. The fourth-order valence-electron chi connectivity index (χ4n) is 2.67. The zero-order valence-electron chi connectivity index (χ0n) is 14.8. The monoisotopic (exact) mass is 385 g/mol. The predicted molar refractivity (Wildman–Crippen MR) is 88.1 cm³/mol. The number of hydrogen-bond donors (Lipinski definition) is 4. The lowest BCUT2D eigenvalue weighted by Crippen LogP contribution is -2.33. The van der Waals surface area contributed by atoms with Crippen molar-refractivity contribution < 1.29 is 34.0 Å². The van der Waals surface area contributed by atoms with Crippen molar-refractivity contribution in [2.75, 3.05) is 11.9 Å². The normalized spacial score (nSPS) is 25.7. The number of nitrogens with one attached hydrogen (secondary N) is 1. The van der Waals surface area contributed by atoms with Gasteiger partial charge in [-0.25, -0.2) is 9.78 Å². The first kappa shape index (κ1) is 19.4. The van der Waals surface area contributed by atoms with Crippen molar-refractivity contribution in [1.82, 2.24) is 19.5 Å². The summed E-state index contributed by atoms with van der Waals surface area (Å²) in [7, 11) is 0. The molecular formula is C15H20FN5O6. The van der Waals surface area contributed by atoms with Crippen LogP contribution in [0.2, 0.25) is 0 Å². The van der Waals surface area contributed by atoms with Gasteiger partial charge in [-0.1, -0.05) is 0 Å². The molecule has 0 radical (unpaired) electrons. The summed E-state index contributed by atoms with van der Waals surface area (Å²) in [4.78, 5) is 23.1. The molecule has 2 aromatic heterocycles. The van der Waals surface area contributed by atoms with E-state index in [1.54, 1.807) is 20.8 Å². The maximum absolute atomic E-state index is 13.9. The highest BCUT2D eigenvalue weighted by molar-refractivity contribution is 5.93. The lowest BCUT2D eigenvalue weighted by molar-refractivity contribution is -0.0511. The van der Waals surface area contributed by atoms with Crippen molar-refractivity contribution in [1.29, 1.82) is 0 Å². The van der Waals surface area contributed by atoms with Gasteiger partial charge in [0.15, 0.2) is 23.2 Å². The minimum absolute atomic E-state index is 0.0278. The maximum atomic E-state index is 13.9. The molecule has 4 N–H and O–H groups in total. The number of anilines is 1. The van der Waals surface area contributed by atoms with Crippen molar-refractivity contribution in [3.63, 3.8) is 0 Å². The van der Waals surface area contributed by atoms with Crippen molar-refractivity contribution in [2.24, 2.45) is 0 Å². The van der Waals surface area contributed by atoms with E-state index in [1.807, 2.05) is 0 Å². The van der Waals surface area contributed by atoms with Crippen LogP contribution in [0.25, 0.3) is 11.2 Å². The summed E-state index contributed by atoms with van der Waals surface area (Å²) >= 11 is 0. The number of carbonyl (C=O) groups excluding carboxylic acids is 1. The van der Waals surface area contributed by atoms with Crippen LogP contribution in [-0.2, 0) is 9.47 Å². The Kier molecular flexibility index (Phi) is 4.99. The van der Waals surface area contributed by atoms with Gasteiger partial charge in [0.1, 0.15) is 23.9 Å². The number of ether oxygens (including phenoxy) is 2. The predicted octanol–water partition coefficient (Wildman–Crippen LogP) is -0.0761. The molecule has 0 saturated carbocycles. The van der Waals surface area contributed by atoms with E-state index in [1.165, 1.54) is 10.9 Å². The van der Waals surface area contributed by atoms with E-state index in [0.29, 0.717) is 0 Å². The van der Waals surface area contributed by atoms with Crippen LogP contribution >= 0.6 is 0 Å². The highest BCUT2D eigenvalue weighted by atomic mass is 19.1. The molecule has 0 spiro atoms. The third-order valence-corrected chi connectivity index (χ3v) is 3.80. The second-order valence-electron chi connectivity index (χ2n) is 7.02. The largest absolute Gasteiger partial charge is 0.444 e. The highest BCUT2D eigenvalue weighted by Crippen LogP contribution is 2.32. The first-order chi connectivity index (χ1) is 12.6. The van der Waals surface area contributed by atoms with Crippen LogP contribution in [0.4, 0.5) is 15.0 Å². The van der Waals surface area contributed by atoms with Gasteiger partial charge in [0.05, 0.1) is 12.9 Å². The molecule has 0 bridgehead atoms. The van der Waals surface area contributed by atoms with Gasteiger partial charge < -0.3 is 24.8 Å². The molecule has 3 rings (SSSR count). The van der Waals surface area contributed by atoms with Crippen LogP contribution in [0.5, 0.6) is 0 Å². The van der Waals surface area contributed by atoms with Gasteiger partial charge in [-0.3, -0.25) is 9.88 Å². The SMILES string of the molecule is CC(C)(C)OC(=O)Nc1nc(F)nc2c1ncn2[C@@H]1O[C@H](CO)[C@@H](O)[C@@H]1O. The Morgan fingerprint density at radius 2 is 2.07 bits per heavy atom. The topological polar surface area (TPSA) is 152 Å². The number of halogens is 1. The Morgan fingerprint density at radius 3 is 2.67 bits per heavy atom. The van der Waals surface area contributed by atoms with Gasteiger partial charge in [0.25, 0.3) is 0 Å². The Balaban J connectivity index is 1.95. The van der Waals surface area contributed by atoms with Crippen LogP contribution < -0.4 is 5.32 Å². The average molecular weight is 385 g/mol. The standard InChI is InChI=1S/C15H20FN5O6/c1-15(2,3)27-14(25)19-10-7-11(20-13(16)18-10)21(5-17-7)12-9(24)8(23)6(4-22)26-12/h5-6,8-9,12,22-24H,4H2,1-3H3,(H,18,19,20,25)/t6-,8-,9+,12-/m1/s1. The summed E-state index contributed by atoms with van der Waals surface area (Å²) in [6.45, 7) is 4.48. The third-order valence-electron chi connectivity index (χ3n) is 3.80. The average Bonchev–Trinajstić information content (AvgIpc) is 3.08. The number of amides is 1. The van der Waals surface area contributed by atoms with E-state index in [0.717, 1.165) is 0 Å². The zero-order chi connectivity index (χ0) is 19.9. The van der Waals surface area contributed by atoms with Crippen molar-refractivity contribution in [3.05, 3.63) is 12.4 Å². The Hall–Kier alpha value is -2.41. The van der Waals surface area contributed by atoms with Crippen molar-refractivity contribution in [3.8, 4) is 0 Å². The molecule has 11 nitrogen and oxygen atoms in total. The summed E-state index contributed by atoms with van der Waals surface area (Å²) in [6.07, 6.45) is -5.74. The first-order valence-electron chi connectivity index (χ1n) is 8.13. The van der Waals surface area contributed by atoms with Gasteiger partial charge in [-0.15, -0.1) is 0 Å². The molecule has 27 heavy (non-hydrogen) atoms. The molecule has 0 aromatic carbocycles. The molecule has 1 saturated heterocycles. The minimum Gasteiger partial charge on any atom is -0.444 e. The van der Waals surface area contributed by atoms with Gasteiger partial charge in [0.2, 0.25) is 0 Å². The molecule has 1 amide bonds. The van der Waals surface area contributed by atoms with Crippen LogP contribution in [0.1, 0.15) is 27.0 Å². The Morgan fingerprint density at radius 1 is 1.37 bits per heavy atom. The smallest absolute Gasteiger partial charge is 0.413 e. The number of hydrogen-bond acceptors (Lipinski definition) is 9. The fourth-order valence-corrected chi connectivity index (χ4v) is 2.67. The second-order valence-corrected chi connectivity index (χ2v) is 7.02. The van der Waals surface area contributed by atoms with Crippen molar-refractivity contribution in [2.45, 2.75) is 50.9 Å². The molecule has 3 heterocycles. The molecule has 2 aromatic rings. The number of aliphatic hydroxyl groups is 3.